The van der Waals surface area contributed by atoms with Crippen molar-refractivity contribution in [2.75, 3.05) is 60.1 Å². The van der Waals surface area contributed by atoms with Gasteiger partial charge in [0.05, 0.1) is 6.61 Å². The number of nitrogens with one attached hydrogen (secondary N) is 2. The SMILES string of the molecule is COCCCN(C)CCNC(=O)C1CNCCO1.Cl.Cl. The predicted octanol–water partition coefficient (Wildman–Crippen LogP) is -0.0971. The summed E-state index contributed by atoms with van der Waals surface area (Å²) < 4.78 is 10.4. The third-order valence-electron chi connectivity index (χ3n) is 2.90. The molecule has 20 heavy (non-hydrogen) atoms. The third-order valence-corrected chi connectivity index (χ3v) is 2.90. The lowest BCUT2D eigenvalue weighted by Gasteiger charge is -2.23. The molecule has 0 radical (unpaired) electrons. The Hall–Kier alpha value is -0.110. The highest BCUT2D eigenvalue weighted by atomic mass is 35.5. The van der Waals surface area contributed by atoms with Crippen LogP contribution in [0.25, 0.3) is 0 Å². The summed E-state index contributed by atoms with van der Waals surface area (Å²) in [6.07, 6.45) is 0.675. The molecule has 1 heterocycles. The normalized spacial score (nSPS) is 18.1. The number of methoxy groups -OCH3 is 1. The van der Waals surface area contributed by atoms with Crippen LogP contribution in [-0.2, 0) is 14.3 Å². The summed E-state index contributed by atoms with van der Waals surface area (Å²) in [5, 5.41) is 6.04. The first-order chi connectivity index (χ1) is 8.74. The Bertz CT molecular complexity index is 242. The number of ether oxygens (including phenoxy) is 2. The van der Waals surface area contributed by atoms with Crippen LogP contribution in [0.3, 0.4) is 0 Å². The smallest absolute Gasteiger partial charge is 0.250 e. The van der Waals surface area contributed by atoms with Crippen molar-refractivity contribution in [3.05, 3.63) is 0 Å². The van der Waals surface area contributed by atoms with E-state index in [2.05, 4.69) is 15.5 Å². The fourth-order valence-electron chi connectivity index (χ4n) is 1.81. The molecular weight excluding hydrogens is 305 g/mol. The Morgan fingerprint density at radius 3 is 2.80 bits per heavy atom. The average molecular weight is 332 g/mol. The Balaban J connectivity index is 0. The molecule has 1 saturated heterocycles. The van der Waals surface area contributed by atoms with E-state index in [9.17, 15) is 4.79 Å². The standard InChI is InChI=1S/C12H25N3O3.2ClH/c1-15(6-3-8-17-2)7-4-14-12(16)11-10-13-5-9-18-11;;/h11,13H,3-10H2,1-2H3,(H,14,16);2*1H. The maximum atomic E-state index is 11.7. The summed E-state index contributed by atoms with van der Waals surface area (Å²) in [5.74, 6) is -0.0208. The van der Waals surface area contributed by atoms with Gasteiger partial charge in [-0.05, 0) is 13.5 Å². The minimum atomic E-state index is -0.336. The molecule has 0 aromatic heterocycles. The first kappa shape index (κ1) is 22.2. The van der Waals surface area contributed by atoms with E-state index in [1.54, 1.807) is 7.11 Å². The number of halogens is 2. The van der Waals surface area contributed by atoms with Gasteiger partial charge in [0.25, 0.3) is 5.91 Å². The van der Waals surface area contributed by atoms with Gasteiger partial charge >= 0.3 is 0 Å². The van der Waals surface area contributed by atoms with E-state index in [4.69, 9.17) is 9.47 Å². The van der Waals surface area contributed by atoms with E-state index in [-0.39, 0.29) is 36.8 Å². The van der Waals surface area contributed by atoms with E-state index >= 15 is 0 Å². The Morgan fingerprint density at radius 1 is 1.45 bits per heavy atom. The molecule has 1 amide bonds. The molecule has 0 saturated carbocycles. The van der Waals surface area contributed by atoms with Crippen LogP contribution in [0.2, 0.25) is 0 Å². The van der Waals surface area contributed by atoms with Crippen LogP contribution >= 0.6 is 24.8 Å². The number of nitrogens with zero attached hydrogens (tertiary/aromatic N) is 1. The fraction of sp³-hybridized carbons (Fsp3) is 0.917. The largest absolute Gasteiger partial charge is 0.385 e. The molecule has 0 spiro atoms. The van der Waals surface area contributed by atoms with Crippen LogP contribution in [0, 0.1) is 0 Å². The zero-order valence-electron chi connectivity index (χ0n) is 12.2. The number of morpholine rings is 1. The third kappa shape index (κ3) is 9.74. The highest BCUT2D eigenvalue weighted by Gasteiger charge is 2.20. The number of likely N-dealkylation sites (N-methyl/N-ethyl adjacent to an activating group) is 1. The van der Waals surface area contributed by atoms with E-state index in [1.165, 1.54) is 0 Å². The Labute approximate surface area is 133 Å². The van der Waals surface area contributed by atoms with Crippen molar-refractivity contribution in [1.29, 1.82) is 0 Å². The van der Waals surface area contributed by atoms with Crippen molar-refractivity contribution in [2.45, 2.75) is 12.5 Å². The molecule has 1 atom stereocenters. The molecule has 0 aromatic rings. The summed E-state index contributed by atoms with van der Waals surface area (Å²) in [6, 6.07) is 0. The van der Waals surface area contributed by atoms with E-state index in [0.29, 0.717) is 19.7 Å². The van der Waals surface area contributed by atoms with Gasteiger partial charge in [-0.2, -0.15) is 0 Å². The quantitative estimate of drug-likeness (QED) is 0.608. The number of hydrogen-bond donors (Lipinski definition) is 2. The highest BCUT2D eigenvalue weighted by molar-refractivity contribution is 5.85. The lowest BCUT2D eigenvalue weighted by molar-refractivity contribution is -0.134. The van der Waals surface area contributed by atoms with Gasteiger partial charge in [-0.1, -0.05) is 0 Å². The van der Waals surface area contributed by atoms with Crippen molar-refractivity contribution in [3.63, 3.8) is 0 Å². The van der Waals surface area contributed by atoms with Crippen LogP contribution < -0.4 is 10.6 Å². The van der Waals surface area contributed by atoms with E-state index in [1.807, 2.05) is 7.05 Å². The van der Waals surface area contributed by atoms with Gasteiger partial charge in [-0.15, -0.1) is 24.8 Å². The molecule has 0 aromatic carbocycles. The predicted molar refractivity (Wildman–Crippen MR) is 84.1 cm³/mol. The molecular formula is C12H27Cl2N3O3. The van der Waals surface area contributed by atoms with Crippen molar-refractivity contribution < 1.29 is 14.3 Å². The maximum absolute atomic E-state index is 11.7. The fourth-order valence-corrected chi connectivity index (χ4v) is 1.81. The van der Waals surface area contributed by atoms with Crippen molar-refractivity contribution >= 4 is 30.7 Å². The second-order valence-electron chi connectivity index (χ2n) is 4.50. The number of hydrogen-bond acceptors (Lipinski definition) is 5. The van der Waals surface area contributed by atoms with Crippen LogP contribution in [0.4, 0.5) is 0 Å². The average Bonchev–Trinajstić information content (AvgIpc) is 2.40. The van der Waals surface area contributed by atoms with Gasteiger partial charge in [-0.25, -0.2) is 0 Å². The first-order valence-corrected chi connectivity index (χ1v) is 6.51. The minimum Gasteiger partial charge on any atom is -0.385 e. The molecule has 1 unspecified atom stereocenters. The van der Waals surface area contributed by atoms with Gasteiger partial charge in [0.2, 0.25) is 0 Å². The van der Waals surface area contributed by atoms with Gasteiger partial charge in [0.1, 0.15) is 6.10 Å². The summed E-state index contributed by atoms with van der Waals surface area (Å²) in [6.45, 7) is 5.29. The number of carbonyl (C=O) groups excluding carboxylic acids is 1. The Kier molecular flexibility index (Phi) is 15.4. The topological polar surface area (TPSA) is 62.8 Å². The minimum absolute atomic E-state index is 0. The molecule has 1 rings (SSSR count). The molecule has 1 aliphatic heterocycles. The monoisotopic (exact) mass is 331 g/mol. The molecule has 1 aliphatic rings. The number of amides is 1. The van der Waals surface area contributed by atoms with Gasteiger partial charge in [0, 0.05) is 46.4 Å². The lowest BCUT2D eigenvalue weighted by Crippen LogP contribution is -2.48. The van der Waals surface area contributed by atoms with Gasteiger partial charge in [0.15, 0.2) is 0 Å². The van der Waals surface area contributed by atoms with Crippen LogP contribution in [0.15, 0.2) is 0 Å². The Morgan fingerprint density at radius 2 is 2.20 bits per heavy atom. The van der Waals surface area contributed by atoms with Crippen molar-refractivity contribution in [2.24, 2.45) is 0 Å². The molecule has 0 bridgehead atoms. The number of carbonyl (C=O) groups is 1. The first-order valence-electron chi connectivity index (χ1n) is 6.51. The summed E-state index contributed by atoms with van der Waals surface area (Å²) in [4.78, 5) is 13.9. The zero-order chi connectivity index (χ0) is 13.2. The summed E-state index contributed by atoms with van der Waals surface area (Å²) >= 11 is 0. The molecule has 6 nitrogen and oxygen atoms in total. The maximum Gasteiger partial charge on any atom is 0.250 e. The van der Waals surface area contributed by atoms with Crippen LogP contribution in [0.1, 0.15) is 6.42 Å². The molecule has 8 heteroatoms. The molecule has 122 valence electrons. The molecule has 1 fully saturated rings. The van der Waals surface area contributed by atoms with Gasteiger partial charge in [-0.3, -0.25) is 4.79 Å². The lowest BCUT2D eigenvalue weighted by atomic mass is 10.3. The highest BCUT2D eigenvalue weighted by Crippen LogP contribution is 1.95. The van der Waals surface area contributed by atoms with Crippen molar-refractivity contribution in [1.82, 2.24) is 15.5 Å². The second-order valence-corrected chi connectivity index (χ2v) is 4.50. The molecule has 0 aliphatic carbocycles. The zero-order valence-corrected chi connectivity index (χ0v) is 13.9. The molecule has 2 N–H and O–H groups in total. The second kappa shape index (κ2) is 13.9. The number of rotatable bonds is 8. The van der Waals surface area contributed by atoms with Crippen LogP contribution in [-0.4, -0.2) is 77.0 Å². The van der Waals surface area contributed by atoms with Gasteiger partial charge < -0.3 is 25.0 Å². The summed E-state index contributed by atoms with van der Waals surface area (Å²) in [5.41, 5.74) is 0. The van der Waals surface area contributed by atoms with E-state index in [0.717, 1.165) is 32.7 Å². The van der Waals surface area contributed by atoms with Crippen molar-refractivity contribution in [3.8, 4) is 0 Å². The van der Waals surface area contributed by atoms with Crippen LogP contribution in [0.5, 0.6) is 0 Å². The van der Waals surface area contributed by atoms with E-state index < -0.39 is 0 Å². The summed E-state index contributed by atoms with van der Waals surface area (Å²) in [7, 11) is 3.75.